The molecule has 3 nitrogen and oxygen atoms in total. The van der Waals surface area contributed by atoms with E-state index in [4.69, 9.17) is 0 Å². The van der Waals surface area contributed by atoms with Crippen molar-refractivity contribution in [3.63, 3.8) is 0 Å². The number of hydrogen-bond acceptors (Lipinski definition) is 2. The van der Waals surface area contributed by atoms with Gasteiger partial charge in [-0.3, -0.25) is 4.79 Å². The molecule has 0 aliphatic carbocycles. The Bertz CT molecular complexity index is 440. The Hall–Kier alpha value is -0.690. The molecular formula is C11H11FINO2. The predicted octanol–water partition coefficient (Wildman–Crippen LogP) is 1.64. The van der Waals surface area contributed by atoms with E-state index in [1.54, 1.807) is 19.1 Å². The summed E-state index contributed by atoms with van der Waals surface area (Å²) >= 11 is 1.85. The van der Waals surface area contributed by atoms with Gasteiger partial charge in [0, 0.05) is 3.57 Å². The van der Waals surface area contributed by atoms with E-state index in [9.17, 15) is 14.3 Å². The lowest BCUT2D eigenvalue weighted by Gasteiger charge is -2.44. The molecule has 1 saturated heterocycles. The third-order valence-corrected chi connectivity index (χ3v) is 3.37. The first-order valence-corrected chi connectivity index (χ1v) is 5.94. The maximum absolute atomic E-state index is 13.6. The van der Waals surface area contributed by atoms with Crippen LogP contribution in [0.15, 0.2) is 18.2 Å². The van der Waals surface area contributed by atoms with Gasteiger partial charge in [0.05, 0.1) is 24.3 Å². The number of hydrogen-bond donors (Lipinski definition) is 1. The van der Waals surface area contributed by atoms with Gasteiger partial charge in [-0.1, -0.05) is 6.07 Å². The van der Waals surface area contributed by atoms with Crippen LogP contribution in [0.5, 0.6) is 0 Å². The average Bonchev–Trinajstić information content (AvgIpc) is 2.17. The molecule has 2 rings (SSSR count). The molecule has 0 saturated carbocycles. The summed E-state index contributed by atoms with van der Waals surface area (Å²) in [4.78, 5) is 13.3. The highest BCUT2D eigenvalue weighted by molar-refractivity contribution is 14.1. The molecule has 1 aliphatic heterocycles. The van der Waals surface area contributed by atoms with Crippen molar-refractivity contribution in [1.29, 1.82) is 0 Å². The fourth-order valence-corrected chi connectivity index (χ4v) is 2.26. The number of aliphatic hydroxyl groups is 1. The molecule has 86 valence electrons. The first-order chi connectivity index (χ1) is 7.41. The third-order valence-electron chi connectivity index (χ3n) is 2.53. The van der Waals surface area contributed by atoms with Crippen LogP contribution in [0.1, 0.15) is 17.3 Å². The third kappa shape index (κ3) is 2.06. The second kappa shape index (κ2) is 3.96. The summed E-state index contributed by atoms with van der Waals surface area (Å²) in [6.45, 7) is 2.18. The molecule has 1 heterocycles. The Morgan fingerprint density at radius 1 is 1.56 bits per heavy atom. The van der Waals surface area contributed by atoms with Crippen LogP contribution in [-0.4, -0.2) is 34.6 Å². The van der Waals surface area contributed by atoms with Crippen molar-refractivity contribution in [1.82, 2.24) is 4.90 Å². The van der Waals surface area contributed by atoms with E-state index in [0.29, 0.717) is 3.57 Å². The normalized spacial score (nSPS) is 18.1. The number of carbonyl (C=O) groups excluding carboxylic acids is 1. The van der Waals surface area contributed by atoms with Crippen molar-refractivity contribution < 1.29 is 14.3 Å². The highest BCUT2D eigenvalue weighted by Crippen LogP contribution is 2.24. The highest BCUT2D eigenvalue weighted by Gasteiger charge is 2.40. The van der Waals surface area contributed by atoms with Crippen molar-refractivity contribution in [2.45, 2.75) is 12.5 Å². The van der Waals surface area contributed by atoms with E-state index in [1.807, 2.05) is 22.6 Å². The first kappa shape index (κ1) is 11.8. The number of halogens is 2. The molecule has 0 radical (unpaired) electrons. The molecule has 16 heavy (non-hydrogen) atoms. The van der Waals surface area contributed by atoms with Crippen molar-refractivity contribution in [3.05, 3.63) is 33.1 Å². The Morgan fingerprint density at radius 3 is 2.75 bits per heavy atom. The minimum Gasteiger partial charge on any atom is -0.386 e. The van der Waals surface area contributed by atoms with Crippen molar-refractivity contribution in [2.75, 3.05) is 13.1 Å². The van der Waals surface area contributed by atoms with E-state index < -0.39 is 11.4 Å². The van der Waals surface area contributed by atoms with E-state index in [1.165, 1.54) is 11.0 Å². The molecule has 1 aliphatic rings. The van der Waals surface area contributed by atoms with Gasteiger partial charge in [0.1, 0.15) is 5.82 Å². The van der Waals surface area contributed by atoms with Crippen molar-refractivity contribution in [3.8, 4) is 0 Å². The van der Waals surface area contributed by atoms with Gasteiger partial charge in [-0.05, 0) is 41.6 Å². The highest BCUT2D eigenvalue weighted by atomic mass is 127. The zero-order chi connectivity index (χ0) is 11.9. The Morgan fingerprint density at radius 2 is 2.19 bits per heavy atom. The molecule has 0 bridgehead atoms. The number of likely N-dealkylation sites (tertiary alicyclic amines) is 1. The maximum Gasteiger partial charge on any atom is 0.257 e. The number of rotatable bonds is 1. The summed E-state index contributed by atoms with van der Waals surface area (Å²) in [7, 11) is 0. The smallest absolute Gasteiger partial charge is 0.257 e. The molecule has 1 fully saturated rings. The Labute approximate surface area is 106 Å². The largest absolute Gasteiger partial charge is 0.386 e. The second-order valence-electron chi connectivity index (χ2n) is 4.26. The monoisotopic (exact) mass is 335 g/mol. The number of nitrogens with zero attached hydrogens (tertiary/aromatic N) is 1. The van der Waals surface area contributed by atoms with Gasteiger partial charge in [-0.2, -0.15) is 0 Å². The summed E-state index contributed by atoms with van der Waals surface area (Å²) in [5, 5.41) is 9.51. The topological polar surface area (TPSA) is 40.5 Å². The zero-order valence-corrected chi connectivity index (χ0v) is 10.9. The van der Waals surface area contributed by atoms with Crippen LogP contribution in [0.2, 0.25) is 0 Å². The van der Waals surface area contributed by atoms with Crippen LogP contribution < -0.4 is 0 Å². The molecule has 0 atom stereocenters. The average molecular weight is 335 g/mol. The summed E-state index contributed by atoms with van der Waals surface area (Å²) in [6.07, 6.45) is 0. The second-order valence-corrected chi connectivity index (χ2v) is 5.42. The van der Waals surface area contributed by atoms with Crippen LogP contribution >= 0.6 is 22.6 Å². The molecule has 1 aromatic carbocycles. The van der Waals surface area contributed by atoms with E-state index >= 15 is 0 Å². The number of β-amino-alcohol motifs (C(OH)–C–C–N with tert-alkyl or cyclic N) is 1. The lowest BCUT2D eigenvalue weighted by atomic mass is 9.96. The Balaban J connectivity index is 2.20. The minimum atomic E-state index is -0.825. The van der Waals surface area contributed by atoms with Gasteiger partial charge in [0.2, 0.25) is 0 Å². The quantitative estimate of drug-likeness (QED) is 0.793. The maximum atomic E-state index is 13.6. The fraction of sp³-hybridized carbons (Fsp3) is 0.364. The van der Waals surface area contributed by atoms with Crippen LogP contribution in [-0.2, 0) is 0 Å². The first-order valence-electron chi connectivity index (χ1n) is 4.86. The number of benzene rings is 1. The van der Waals surface area contributed by atoms with Crippen LogP contribution in [0.4, 0.5) is 4.39 Å². The zero-order valence-electron chi connectivity index (χ0n) is 8.70. The Kier molecular flexibility index (Phi) is 2.91. The van der Waals surface area contributed by atoms with E-state index in [-0.39, 0.29) is 24.6 Å². The van der Waals surface area contributed by atoms with Crippen LogP contribution in [0.3, 0.4) is 0 Å². The molecule has 0 spiro atoms. The SMILES string of the molecule is CC1(O)CN(C(=O)c2cccc(I)c2F)C1. The fourth-order valence-electron chi connectivity index (χ4n) is 1.76. The van der Waals surface area contributed by atoms with Crippen LogP contribution in [0.25, 0.3) is 0 Å². The summed E-state index contributed by atoms with van der Waals surface area (Å²) in [6, 6.07) is 4.72. The molecule has 1 N–H and O–H groups in total. The summed E-state index contributed by atoms with van der Waals surface area (Å²) in [5.74, 6) is -0.845. The van der Waals surface area contributed by atoms with E-state index in [0.717, 1.165) is 0 Å². The molecule has 0 unspecified atom stereocenters. The standard InChI is InChI=1S/C11H11FINO2/c1-11(16)5-14(6-11)10(15)7-3-2-4-8(13)9(7)12/h2-4,16H,5-6H2,1H3. The molecule has 0 aromatic heterocycles. The minimum absolute atomic E-state index is 0.0717. The lowest BCUT2D eigenvalue weighted by Crippen LogP contribution is -2.61. The predicted molar refractivity (Wildman–Crippen MR) is 65.6 cm³/mol. The molecule has 1 amide bonds. The van der Waals surface area contributed by atoms with Gasteiger partial charge in [-0.25, -0.2) is 4.39 Å². The van der Waals surface area contributed by atoms with Crippen molar-refractivity contribution >= 4 is 28.5 Å². The van der Waals surface area contributed by atoms with Gasteiger partial charge in [0.15, 0.2) is 0 Å². The van der Waals surface area contributed by atoms with Gasteiger partial charge in [0.25, 0.3) is 5.91 Å². The van der Waals surface area contributed by atoms with Crippen LogP contribution in [0, 0.1) is 9.39 Å². The van der Waals surface area contributed by atoms with Gasteiger partial charge < -0.3 is 10.0 Å². The summed E-state index contributed by atoms with van der Waals surface area (Å²) < 4.78 is 14.1. The van der Waals surface area contributed by atoms with Crippen molar-refractivity contribution in [2.24, 2.45) is 0 Å². The molecule has 1 aromatic rings. The summed E-state index contributed by atoms with van der Waals surface area (Å²) in [5.41, 5.74) is -0.754. The number of carbonyl (C=O) groups is 1. The van der Waals surface area contributed by atoms with E-state index in [2.05, 4.69) is 0 Å². The lowest BCUT2D eigenvalue weighted by molar-refractivity contribution is -0.0670. The van der Waals surface area contributed by atoms with Gasteiger partial charge in [-0.15, -0.1) is 0 Å². The number of amides is 1. The molecular weight excluding hydrogens is 324 g/mol. The molecule has 5 heteroatoms. The van der Waals surface area contributed by atoms with Gasteiger partial charge >= 0.3 is 0 Å².